The van der Waals surface area contributed by atoms with Gasteiger partial charge in [0.1, 0.15) is 12.4 Å². The van der Waals surface area contributed by atoms with Crippen LogP contribution in [-0.4, -0.2) is 12.6 Å². The lowest BCUT2D eigenvalue weighted by molar-refractivity contribution is 0.364. The zero-order valence-electron chi connectivity index (χ0n) is 11.1. The van der Waals surface area contributed by atoms with Crippen molar-refractivity contribution in [2.24, 2.45) is 0 Å². The van der Waals surface area contributed by atoms with Crippen molar-refractivity contribution >= 4 is 0 Å². The molecular formula is C15H21NO. The van der Waals surface area contributed by atoms with Crippen molar-refractivity contribution in [3.63, 3.8) is 0 Å². The Hall–Kier alpha value is -1.46. The molecule has 1 rings (SSSR count). The summed E-state index contributed by atoms with van der Waals surface area (Å²) in [7, 11) is 0. The molecule has 0 heterocycles. The van der Waals surface area contributed by atoms with Gasteiger partial charge >= 0.3 is 0 Å². The van der Waals surface area contributed by atoms with E-state index in [9.17, 15) is 0 Å². The zero-order valence-corrected chi connectivity index (χ0v) is 11.1. The van der Waals surface area contributed by atoms with Crippen molar-refractivity contribution in [2.45, 2.75) is 40.3 Å². The van der Waals surface area contributed by atoms with Crippen molar-refractivity contribution in [2.75, 3.05) is 6.61 Å². The fraction of sp³-hybridized carbons (Fsp3) is 0.467. The van der Waals surface area contributed by atoms with E-state index in [0.717, 1.165) is 12.3 Å². The third kappa shape index (κ3) is 4.93. The maximum absolute atomic E-state index is 5.65. The van der Waals surface area contributed by atoms with Crippen LogP contribution in [0.2, 0.25) is 0 Å². The second-order valence-corrected chi connectivity index (χ2v) is 4.36. The van der Waals surface area contributed by atoms with Crippen molar-refractivity contribution in [3.05, 3.63) is 29.3 Å². The van der Waals surface area contributed by atoms with Crippen LogP contribution >= 0.6 is 0 Å². The Morgan fingerprint density at radius 1 is 1.35 bits per heavy atom. The van der Waals surface area contributed by atoms with E-state index in [-0.39, 0.29) is 0 Å². The van der Waals surface area contributed by atoms with Gasteiger partial charge in [-0.2, -0.15) is 0 Å². The van der Waals surface area contributed by atoms with Crippen LogP contribution in [0.15, 0.2) is 18.2 Å². The molecule has 0 atom stereocenters. The van der Waals surface area contributed by atoms with Gasteiger partial charge in [0.05, 0.1) is 0 Å². The van der Waals surface area contributed by atoms with Crippen molar-refractivity contribution in [1.82, 2.24) is 5.32 Å². The fourth-order valence-electron chi connectivity index (χ4n) is 1.49. The smallest absolute Gasteiger partial charge is 0.149 e. The van der Waals surface area contributed by atoms with Crippen LogP contribution in [-0.2, 0) is 6.54 Å². The molecule has 1 aromatic rings. The molecule has 1 N–H and O–H groups in total. The molecule has 0 fully saturated rings. The molecule has 1 aromatic carbocycles. The minimum atomic E-state index is 0.453. The minimum absolute atomic E-state index is 0.453. The van der Waals surface area contributed by atoms with Gasteiger partial charge in [0.2, 0.25) is 0 Å². The molecule has 0 spiro atoms. The molecule has 2 nitrogen and oxygen atoms in total. The lowest BCUT2D eigenvalue weighted by atomic mass is 10.1. The number of nitrogens with one attached hydrogen (secondary N) is 1. The Morgan fingerprint density at radius 3 is 2.76 bits per heavy atom. The molecule has 0 aromatic heterocycles. The highest BCUT2D eigenvalue weighted by molar-refractivity contribution is 5.37. The summed E-state index contributed by atoms with van der Waals surface area (Å²) in [4.78, 5) is 0. The minimum Gasteiger partial charge on any atom is -0.481 e. The second-order valence-electron chi connectivity index (χ2n) is 4.36. The van der Waals surface area contributed by atoms with Crippen molar-refractivity contribution in [3.8, 4) is 17.6 Å². The standard InChI is InChI=1S/C15H21NO/c1-5-6-9-17-15-8-7-13(4)10-14(15)11-16-12(2)3/h7-8,10,12,16H,9,11H2,1-4H3. The van der Waals surface area contributed by atoms with E-state index < -0.39 is 0 Å². The average Bonchev–Trinajstić information content (AvgIpc) is 2.29. The molecule has 0 aliphatic heterocycles. The molecule has 0 bridgehead atoms. The molecule has 0 radical (unpaired) electrons. The summed E-state index contributed by atoms with van der Waals surface area (Å²) in [6.07, 6.45) is 0. The number of hydrogen-bond acceptors (Lipinski definition) is 2. The molecule has 0 saturated carbocycles. The molecule has 0 aliphatic carbocycles. The molecule has 0 saturated heterocycles. The van der Waals surface area contributed by atoms with Gasteiger partial charge in [0.25, 0.3) is 0 Å². The lowest BCUT2D eigenvalue weighted by Crippen LogP contribution is -2.22. The highest BCUT2D eigenvalue weighted by Gasteiger charge is 2.04. The predicted molar refractivity (Wildman–Crippen MR) is 72.1 cm³/mol. The van der Waals surface area contributed by atoms with Crippen molar-refractivity contribution < 1.29 is 4.74 Å². The van der Waals surface area contributed by atoms with Gasteiger partial charge in [0, 0.05) is 18.2 Å². The summed E-state index contributed by atoms with van der Waals surface area (Å²) in [5.74, 6) is 6.66. The Morgan fingerprint density at radius 2 is 2.12 bits per heavy atom. The monoisotopic (exact) mass is 231 g/mol. The Bertz CT molecular complexity index is 413. The molecule has 2 heteroatoms. The van der Waals surface area contributed by atoms with Gasteiger partial charge < -0.3 is 10.1 Å². The van der Waals surface area contributed by atoms with Crippen LogP contribution in [0.3, 0.4) is 0 Å². The normalized spacial score (nSPS) is 9.94. The third-order valence-corrected chi connectivity index (χ3v) is 2.39. The number of ether oxygens (including phenoxy) is 1. The van der Waals surface area contributed by atoms with Crippen LogP contribution in [0.1, 0.15) is 31.9 Å². The largest absolute Gasteiger partial charge is 0.481 e. The van der Waals surface area contributed by atoms with E-state index >= 15 is 0 Å². The van der Waals surface area contributed by atoms with Crippen LogP contribution in [0.5, 0.6) is 5.75 Å². The Labute approximate surface area is 104 Å². The fourth-order valence-corrected chi connectivity index (χ4v) is 1.49. The number of rotatable bonds is 5. The number of aryl methyl sites for hydroxylation is 1. The van der Waals surface area contributed by atoms with Crippen LogP contribution in [0, 0.1) is 18.8 Å². The molecular weight excluding hydrogens is 210 g/mol. The number of benzene rings is 1. The zero-order chi connectivity index (χ0) is 12.7. The molecule has 0 aliphatic rings. The Kier molecular flexibility index (Phi) is 5.59. The quantitative estimate of drug-likeness (QED) is 0.787. The highest BCUT2D eigenvalue weighted by Crippen LogP contribution is 2.20. The second kappa shape index (κ2) is 6.98. The maximum Gasteiger partial charge on any atom is 0.149 e. The van der Waals surface area contributed by atoms with E-state index in [4.69, 9.17) is 4.74 Å². The van der Waals surface area contributed by atoms with Crippen LogP contribution in [0.4, 0.5) is 0 Å². The van der Waals surface area contributed by atoms with E-state index in [0.29, 0.717) is 12.6 Å². The molecule has 92 valence electrons. The summed E-state index contributed by atoms with van der Waals surface area (Å²) in [5.41, 5.74) is 2.44. The SMILES string of the molecule is CC#CCOc1ccc(C)cc1CNC(C)C. The van der Waals surface area contributed by atoms with Crippen molar-refractivity contribution in [1.29, 1.82) is 0 Å². The number of hydrogen-bond donors (Lipinski definition) is 1. The van der Waals surface area contributed by atoms with E-state index in [1.54, 1.807) is 0 Å². The summed E-state index contributed by atoms with van der Waals surface area (Å²) < 4.78 is 5.65. The summed E-state index contributed by atoms with van der Waals surface area (Å²) >= 11 is 0. The van der Waals surface area contributed by atoms with E-state index in [1.165, 1.54) is 11.1 Å². The first-order valence-electron chi connectivity index (χ1n) is 5.98. The highest BCUT2D eigenvalue weighted by atomic mass is 16.5. The topological polar surface area (TPSA) is 21.3 Å². The van der Waals surface area contributed by atoms with E-state index in [2.05, 4.69) is 50.1 Å². The maximum atomic E-state index is 5.65. The molecule has 0 amide bonds. The van der Waals surface area contributed by atoms with Gasteiger partial charge in [-0.05, 0) is 19.9 Å². The average molecular weight is 231 g/mol. The van der Waals surface area contributed by atoms with Gasteiger partial charge in [-0.3, -0.25) is 0 Å². The van der Waals surface area contributed by atoms with Crippen LogP contribution in [0.25, 0.3) is 0 Å². The third-order valence-electron chi connectivity index (χ3n) is 2.39. The first-order valence-corrected chi connectivity index (χ1v) is 5.98. The van der Waals surface area contributed by atoms with Gasteiger partial charge in [-0.15, -0.1) is 5.92 Å². The summed E-state index contributed by atoms with van der Waals surface area (Å²) in [6, 6.07) is 6.71. The first kappa shape index (κ1) is 13.6. The first-order chi connectivity index (χ1) is 8.13. The van der Waals surface area contributed by atoms with Gasteiger partial charge in [-0.25, -0.2) is 0 Å². The Balaban J connectivity index is 2.74. The van der Waals surface area contributed by atoms with E-state index in [1.807, 2.05) is 13.0 Å². The lowest BCUT2D eigenvalue weighted by Gasteiger charge is -2.13. The van der Waals surface area contributed by atoms with Gasteiger partial charge in [-0.1, -0.05) is 37.5 Å². The molecule has 0 unspecified atom stereocenters. The predicted octanol–water partition coefficient (Wildman–Crippen LogP) is 2.90. The van der Waals surface area contributed by atoms with Gasteiger partial charge in [0.15, 0.2) is 0 Å². The van der Waals surface area contributed by atoms with Crippen LogP contribution < -0.4 is 10.1 Å². The summed E-state index contributed by atoms with van der Waals surface area (Å²) in [6.45, 7) is 9.47. The summed E-state index contributed by atoms with van der Waals surface area (Å²) in [5, 5.41) is 3.40. The molecule has 17 heavy (non-hydrogen) atoms.